The summed E-state index contributed by atoms with van der Waals surface area (Å²) in [5, 5.41) is 11.6. The predicted molar refractivity (Wildman–Crippen MR) is 162 cm³/mol. The number of aliphatic imine (C=N–C) groups is 3. The van der Waals surface area contributed by atoms with Gasteiger partial charge < -0.3 is 35.2 Å². The number of aromatic amines is 2. The summed E-state index contributed by atoms with van der Waals surface area (Å²) in [6.45, 7) is 8.55. The minimum atomic E-state index is -0.0422. The van der Waals surface area contributed by atoms with Gasteiger partial charge in [0.15, 0.2) is 11.7 Å². The number of aromatic nitrogens is 2. The average Bonchev–Trinajstić information content (AvgIpc) is 3.37. The fourth-order valence-corrected chi connectivity index (χ4v) is 4.93. The molecule has 2 aromatic carbocycles. The molecule has 0 unspecified atom stereocenters. The number of rotatable bonds is 6. The minimum absolute atomic E-state index is 0.0422. The van der Waals surface area contributed by atoms with Crippen LogP contribution in [-0.4, -0.2) is 71.8 Å². The lowest BCUT2D eigenvalue weighted by atomic mass is 10.1. The lowest BCUT2D eigenvalue weighted by Crippen LogP contribution is -2.37. The number of nitrogens with one attached hydrogen (secondary N) is 2. The standard InChI is InChI=1S/C30H35N7O3/c1-15-17(3)32-22-13-27(39-6)24(10-19(15)22)34-26-12-21(31)30(37(5)8-9-38)36-29(26)35-25-11-20-16(2)18(4)33-23(20)14-28(25)40-7/h10-14,32-33,38H,8-9,31H2,1-7H3. The summed E-state index contributed by atoms with van der Waals surface area (Å²) in [4.78, 5) is 23.3. The first-order chi connectivity index (χ1) is 19.1. The number of aliphatic hydroxyl groups excluding tert-OH is 1. The van der Waals surface area contributed by atoms with Gasteiger partial charge >= 0.3 is 0 Å². The molecule has 0 saturated heterocycles. The Morgan fingerprint density at radius 2 is 1.40 bits per heavy atom. The zero-order chi connectivity index (χ0) is 28.7. The van der Waals surface area contributed by atoms with Gasteiger partial charge in [0.05, 0.1) is 26.5 Å². The molecular formula is C30H35N7O3. The summed E-state index contributed by atoms with van der Waals surface area (Å²) >= 11 is 0. The van der Waals surface area contributed by atoms with Crippen molar-refractivity contribution >= 4 is 50.6 Å². The molecule has 0 atom stereocenters. The molecular weight excluding hydrogens is 506 g/mol. The summed E-state index contributed by atoms with van der Waals surface area (Å²) in [7, 11) is 5.06. The number of ether oxygens (including phenoxy) is 2. The van der Waals surface area contributed by atoms with Gasteiger partial charge in [0.2, 0.25) is 0 Å². The molecule has 0 fully saturated rings. The van der Waals surface area contributed by atoms with Crippen molar-refractivity contribution in [3.63, 3.8) is 0 Å². The lowest BCUT2D eigenvalue weighted by Gasteiger charge is -2.23. The van der Waals surface area contributed by atoms with E-state index < -0.39 is 0 Å². The topological polar surface area (TPSA) is 137 Å². The smallest absolute Gasteiger partial charge is 0.181 e. The largest absolute Gasteiger partial charge is 0.494 e. The molecule has 0 amide bonds. The molecule has 3 heterocycles. The minimum Gasteiger partial charge on any atom is -0.494 e. The molecule has 1 aliphatic heterocycles. The van der Waals surface area contributed by atoms with Gasteiger partial charge in [-0.15, -0.1) is 0 Å². The van der Waals surface area contributed by atoms with E-state index in [2.05, 4.69) is 23.8 Å². The third kappa shape index (κ3) is 4.71. The van der Waals surface area contributed by atoms with Crippen molar-refractivity contribution in [2.75, 3.05) is 34.4 Å². The molecule has 5 N–H and O–H groups in total. The first-order valence-electron chi connectivity index (χ1n) is 13.0. The maximum absolute atomic E-state index is 9.52. The van der Waals surface area contributed by atoms with Gasteiger partial charge in [-0.2, -0.15) is 0 Å². The number of aliphatic hydroxyl groups is 1. The van der Waals surface area contributed by atoms with Crippen LogP contribution >= 0.6 is 0 Å². The molecule has 0 saturated carbocycles. The number of nitrogens with zero attached hydrogens (tertiary/aromatic N) is 4. The van der Waals surface area contributed by atoms with Crippen LogP contribution in [0.25, 0.3) is 21.8 Å². The summed E-state index contributed by atoms with van der Waals surface area (Å²) in [5.41, 5.74) is 15.0. The molecule has 5 rings (SSSR count). The Morgan fingerprint density at radius 3 is 1.90 bits per heavy atom. The molecule has 10 nitrogen and oxygen atoms in total. The fourth-order valence-electron chi connectivity index (χ4n) is 4.93. The van der Waals surface area contributed by atoms with Crippen molar-refractivity contribution < 1.29 is 14.6 Å². The highest BCUT2D eigenvalue weighted by Gasteiger charge is 2.22. The van der Waals surface area contributed by atoms with Crippen LogP contribution in [-0.2, 0) is 0 Å². The first kappa shape index (κ1) is 27.0. The Labute approximate surface area is 232 Å². The molecule has 0 aliphatic carbocycles. The number of hydrogen-bond donors (Lipinski definition) is 4. The van der Waals surface area contributed by atoms with E-state index in [-0.39, 0.29) is 6.61 Å². The second kappa shape index (κ2) is 10.5. The molecule has 40 heavy (non-hydrogen) atoms. The molecule has 4 aromatic rings. The van der Waals surface area contributed by atoms with E-state index in [1.165, 1.54) is 0 Å². The Kier molecular flexibility index (Phi) is 7.12. The monoisotopic (exact) mass is 541 g/mol. The van der Waals surface area contributed by atoms with E-state index in [1.54, 1.807) is 25.2 Å². The van der Waals surface area contributed by atoms with Crippen LogP contribution in [0.2, 0.25) is 0 Å². The number of H-pyrrole nitrogens is 2. The molecule has 0 spiro atoms. The first-order valence-corrected chi connectivity index (χ1v) is 13.0. The number of fused-ring (bicyclic) bond motifs is 2. The molecule has 10 heteroatoms. The van der Waals surface area contributed by atoms with Crippen LogP contribution < -0.4 is 15.2 Å². The fraction of sp³-hybridized carbons (Fsp3) is 0.300. The van der Waals surface area contributed by atoms with E-state index in [4.69, 9.17) is 30.2 Å². The second-order valence-electron chi connectivity index (χ2n) is 10.0. The Bertz CT molecular complexity index is 1750. The van der Waals surface area contributed by atoms with Gasteiger partial charge in [0, 0.05) is 58.9 Å². The maximum atomic E-state index is 9.52. The van der Waals surface area contributed by atoms with Gasteiger partial charge in [0.1, 0.15) is 28.6 Å². The number of likely N-dealkylation sites (N-methyl/N-ethyl adjacent to an activating group) is 1. The second-order valence-corrected chi connectivity index (χ2v) is 10.0. The Morgan fingerprint density at radius 1 is 0.875 bits per heavy atom. The van der Waals surface area contributed by atoms with Crippen LogP contribution in [0.15, 0.2) is 51.0 Å². The van der Waals surface area contributed by atoms with Crippen LogP contribution in [0.1, 0.15) is 22.5 Å². The summed E-state index contributed by atoms with van der Waals surface area (Å²) in [5.74, 6) is 2.07. The van der Waals surface area contributed by atoms with Crippen LogP contribution in [0, 0.1) is 27.7 Å². The molecule has 208 valence electrons. The highest BCUT2D eigenvalue weighted by Crippen LogP contribution is 2.37. The van der Waals surface area contributed by atoms with Crippen LogP contribution in [0.4, 0.5) is 11.4 Å². The van der Waals surface area contributed by atoms with E-state index in [9.17, 15) is 5.11 Å². The van der Waals surface area contributed by atoms with Crippen molar-refractivity contribution in [2.24, 2.45) is 20.7 Å². The normalized spacial score (nSPS) is 15.7. The van der Waals surface area contributed by atoms with Crippen LogP contribution in [0.3, 0.4) is 0 Å². The molecule has 1 aliphatic rings. The third-order valence-electron chi connectivity index (χ3n) is 7.47. The van der Waals surface area contributed by atoms with Gasteiger partial charge in [-0.05, 0) is 57.0 Å². The van der Waals surface area contributed by atoms with Crippen molar-refractivity contribution in [2.45, 2.75) is 27.7 Å². The third-order valence-corrected chi connectivity index (χ3v) is 7.47. The number of dihydropyridines is 1. The number of amidine groups is 2. The van der Waals surface area contributed by atoms with Gasteiger partial charge in [-0.1, -0.05) is 0 Å². The SMILES string of the molecule is COc1cc2[nH]c(C)c(C)c2cc1N=C1C=C(N)C(N(C)CCO)=NC1=Nc1cc2c(C)c(C)[nH]c2cc1OC. The zero-order valence-corrected chi connectivity index (χ0v) is 23.9. The molecule has 0 radical (unpaired) electrons. The average molecular weight is 542 g/mol. The molecule has 2 aromatic heterocycles. The van der Waals surface area contributed by atoms with E-state index in [0.29, 0.717) is 52.5 Å². The highest BCUT2D eigenvalue weighted by atomic mass is 16.5. The highest BCUT2D eigenvalue weighted by molar-refractivity contribution is 6.50. The van der Waals surface area contributed by atoms with Crippen molar-refractivity contribution in [1.82, 2.24) is 14.9 Å². The van der Waals surface area contributed by atoms with Crippen molar-refractivity contribution in [1.29, 1.82) is 0 Å². The lowest BCUT2D eigenvalue weighted by molar-refractivity contribution is 0.264. The predicted octanol–water partition coefficient (Wildman–Crippen LogP) is 4.88. The van der Waals surface area contributed by atoms with E-state index >= 15 is 0 Å². The zero-order valence-electron chi connectivity index (χ0n) is 23.9. The van der Waals surface area contributed by atoms with Crippen molar-refractivity contribution in [3.8, 4) is 11.5 Å². The summed E-state index contributed by atoms with van der Waals surface area (Å²) in [6, 6.07) is 7.87. The summed E-state index contributed by atoms with van der Waals surface area (Å²) < 4.78 is 11.4. The van der Waals surface area contributed by atoms with Crippen molar-refractivity contribution in [3.05, 3.63) is 58.6 Å². The Balaban J connectivity index is 1.73. The number of hydrogen-bond acceptors (Lipinski definition) is 7. The number of methoxy groups -OCH3 is 2. The van der Waals surface area contributed by atoms with Gasteiger partial charge in [-0.3, -0.25) is 0 Å². The molecule has 0 bridgehead atoms. The van der Waals surface area contributed by atoms with Crippen LogP contribution in [0.5, 0.6) is 11.5 Å². The quantitative estimate of drug-likeness (QED) is 0.276. The van der Waals surface area contributed by atoms with Gasteiger partial charge in [-0.25, -0.2) is 15.0 Å². The maximum Gasteiger partial charge on any atom is 0.181 e. The van der Waals surface area contributed by atoms with E-state index in [0.717, 1.165) is 44.3 Å². The van der Waals surface area contributed by atoms with Gasteiger partial charge in [0.25, 0.3) is 0 Å². The number of benzene rings is 2. The Hall–Kier alpha value is -4.57. The van der Waals surface area contributed by atoms with E-state index in [1.807, 2.05) is 45.2 Å². The number of aryl methyl sites for hydroxylation is 4. The number of nitrogens with two attached hydrogens (primary N) is 1. The summed E-state index contributed by atoms with van der Waals surface area (Å²) in [6.07, 6.45) is 1.75.